The van der Waals surface area contributed by atoms with E-state index < -0.39 is 13.3 Å². The van der Waals surface area contributed by atoms with Gasteiger partial charge in [-0.1, -0.05) is 79.4 Å². The third-order valence-corrected chi connectivity index (χ3v) is 12.5. The van der Waals surface area contributed by atoms with E-state index in [2.05, 4.69) is 114 Å². The molecule has 0 atom stereocenters. The molecule has 3 aromatic heterocycles. The van der Waals surface area contributed by atoms with Gasteiger partial charge in [-0.05, 0) is 29.0 Å². The van der Waals surface area contributed by atoms with Crippen LogP contribution in [0.5, 0.6) is 0 Å². The van der Waals surface area contributed by atoms with Gasteiger partial charge in [0.05, 0.1) is 5.58 Å². The molecule has 233 valence electrons. The largest absolute Gasteiger partial charge is 0 e. The molecule has 4 aromatic carbocycles. The van der Waals surface area contributed by atoms with E-state index in [1.54, 1.807) is 6.07 Å². The zero-order valence-electron chi connectivity index (χ0n) is 26.6. The SMILES string of the molecule is CC(C)(c1ccccc1)c1ccnc(-c2[c-]ccc3c2oc2ccccc23)c1.[CH3][Ge]([CH3])([CH3])[c]1ccc(-c2[c-]cc(F)cc2)nc1.[Ir]. The molecule has 0 spiro atoms. The van der Waals surface area contributed by atoms with E-state index in [-0.39, 0.29) is 31.3 Å². The maximum Gasteiger partial charge on any atom is 0 e. The van der Waals surface area contributed by atoms with Crippen molar-refractivity contribution in [2.24, 2.45) is 0 Å². The summed E-state index contributed by atoms with van der Waals surface area (Å²) in [7, 11) is 0. The second-order valence-corrected chi connectivity index (χ2v) is 23.4. The maximum atomic E-state index is 12.8. The quantitative estimate of drug-likeness (QED) is 0.128. The van der Waals surface area contributed by atoms with Crippen LogP contribution in [-0.4, -0.2) is 23.2 Å². The fourth-order valence-electron chi connectivity index (χ4n) is 5.42. The van der Waals surface area contributed by atoms with E-state index in [9.17, 15) is 4.39 Å². The Morgan fingerprint density at radius 3 is 2.20 bits per heavy atom. The van der Waals surface area contributed by atoms with Gasteiger partial charge in [-0.25, -0.2) is 0 Å². The minimum atomic E-state index is -1.79. The molecule has 0 aliphatic heterocycles. The van der Waals surface area contributed by atoms with Crippen LogP contribution in [0.1, 0.15) is 25.0 Å². The minimum Gasteiger partial charge on any atom is 0 e. The van der Waals surface area contributed by atoms with Gasteiger partial charge < -0.3 is 9.40 Å². The standard InChI is InChI=1S/C26H20NO.C14H15FGeN.Ir/c1-26(2,18-9-4-3-5-10-18)19-15-16-27-23(17-19)22-13-8-12-21-20-11-6-7-14-24(20)28-25(21)22;1-16(2,3)13-8-9-14(17-10-13)11-4-6-12(15)7-5-11;/h3-12,14-17H,1-2H3;4,6-10H,1-3H3;/q2*-1;. The molecule has 3 heterocycles. The van der Waals surface area contributed by atoms with Crippen LogP contribution in [0.4, 0.5) is 4.39 Å². The first kappa shape index (κ1) is 33.5. The van der Waals surface area contributed by atoms with Gasteiger partial charge in [0.25, 0.3) is 0 Å². The van der Waals surface area contributed by atoms with Crippen LogP contribution in [0, 0.1) is 17.9 Å². The summed E-state index contributed by atoms with van der Waals surface area (Å²) >= 11 is -1.79. The molecule has 0 fully saturated rings. The van der Waals surface area contributed by atoms with Crippen LogP contribution in [0.25, 0.3) is 44.5 Å². The molecule has 46 heavy (non-hydrogen) atoms. The number of nitrogens with zero attached hydrogens (tertiary/aromatic N) is 2. The third kappa shape index (κ3) is 7.07. The summed E-state index contributed by atoms with van der Waals surface area (Å²) in [5.74, 6) is 6.73. The van der Waals surface area contributed by atoms with Gasteiger partial charge in [0.1, 0.15) is 5.58 Å². The summed E-state index contributed by atoms with van der Waals surface area (Å²) in [5, 5.41) is 2.22. The molecule has 0 unspecified atom stereocenters. The number of halogens is 1. The van der Waals surface area contributed by atoms with Crippen molar-refractivity contribution in [2.75, 3.05) is 0 Å². The van der Waals surface area contributed by atoms with Gasteiger partial charge in [-0.2, -0.15) is 0 Å². The van der Waals surface area contributed by atoms with E-state index in [1.807, 2.05) is 42.7 Å². The minimum absolute atomic E-state index is 0. The van der Waals surface area contributed by atoms with Gasteiger partial charge >= 0.3 is 104 Å². The van der Waals surface area contributed by atoms with Crippen LogP contribution in [0.15, 0.2) is 126 Å². The fourth-order valence-corrected chi connectivity index (χ4v) is 7.59. The van der Waals surface area contributed by atoms with Crippen LogP contribution >= 0.6 is 0 Å². The Labute approximate surface area is 286 Å². The van der Waals surface area contributed by atoms with Crippen LogP contribution < -0.4 is 4.40 Å². The zero-order chi connectivity index (χ0) is 31.6. The number of rotatable bonds is 5. The predicted octanol–water partition coefficient (Wildman–Crippen LogP) is 10.0. The molecular formula is C40H35FGeIrN2O-2. The summed E-state index contributed by atoms with van der Waals surface area (Å²) < 4.78 is 20.3. The predicted molar refractivity (Wildman–Crippen MR) is 186 cm³/mol. The summed E-state index contributed by atoms with van der Waals surface area (Å²) in [6, 6.07) is 41.8. The molecule has 0 N–H and O–H groups in total. The van der Waals surface area contributed by atoms with Crippen molar-refractivity contribution < 1.29 is 28.9 Å². The molecule has 3 nitrogen and oxygen atoms in total. The monoisotopic (exact) mass is 845 g/mol. The van der Waals surface area contributed by atoms with Gasteiger partial charge in [-0.3, -0.25) is 0 Å². The molecule has 7 aromatic rings. The Kier molecular flexibility index (Phi) is 10.1. The van der Waals surface area contributed by atoms with Crippen molar-refractivity contribution in [1.29, 1.82) is 0 Å². The Bertz CT molecular complexity index is 2070. The van der Waals surface area contributed by atoms with Gasteiger partial charge in [0.15, 0.2) is 0 Å². The smallest absolute Gasteiger partial charge is 0 e. The van der Waals surface area contributed by atoms with Crippen LogP contribution in [0.2, 0.25) is 17.3 Å². The number of hydrogen-bond donors (Lipinski definition) is 0. The number of aromatic nitrogens is 2. The summed E-state index contributed by atoms with van der Waals surface area (Å²) in [6.07, 6.45) is 3.83. The van der Waals surface area contributed by atoms with Gasteiger partial charge in [0, 0.05) is 37.1 Å². The van der Waals surface area contributed by atoms with Crippen molar-refractivity contribution in [2.45, 2.75) is 36.5 Å². The Morgan fingerprint density at radius 1 is 0.739 bits per heavy atom. The van der Waals surface area contributed by atoms with E-state index in [1.165, 1.54) is 27.7 Å². The first-order chi connectivity index (χ1) is 21.6. The molecule has 0 bridgehead atoms. The van der Waals surface area contributed by atoms with Crippen molar-refractivity contribution >= 4 is 39.6 Å². The summed E-state index contributed by atoms with van der Waals surface area (Å²) in [5.41, 5.74) is 7.55. The Hall–Kier alpha value is -3.90. The van der Waals surface area contributed by atoms with E-state index >= 15 is 0 Å². The number of fused-ring (bicyclic) bond motifs is 3. The van der Waals surface area contributed by atoms with E-state index in [0.29, 0.717) is 0 Å². The van der Waals surface area contributed by atoms with Gasteiger partial charge in [-0.15, -0.1) is 18.2 Å². The second kappa shape index (κ2) is 13.8. The molecule has 1 radical (unpaired) electrons. The maximum absolute atomic E-state index is 12.8. The Morgan fingerprint density at radius 2 is 1.50 bits per heavy atom. The average Bonchev–Trinajstić information content (AvgIpc) is 3.45. The number of para-hydroxylation sites is 1. The molecule has 0 saturated heterocycles. The third-order valence-electron chi connectivity index (χ3n) is 8.25. The average molecular weight is 844 g/mol. The summed E-state index contributed by atoms with van der Waals surface area (Å²) in [6.45, 7) is 4.49. The number of benzene rings is 4. The van der Waals surface area contributed by atoms with E-state index in [0.717, 1.165) is 44.5 Å². The first-order valence-electron chi connectivity index (χ1n) is 15.1. The number of hydrogen-bond acceptors (Lipinski definition) is 3. The second-order valence-electron chi connectivity index (χ2n) is 12.7. The number of furan rings is 1. The molecule has 0 amide bonds. The summed E-state index contributed by atoms with van der Waals surface area (Å²) in [4.78, 5) is 9.08. The van der Waals surface area contributed by atoms with Crippen molar-refractivity contribution in [3.05, 3.63) is 151 Å². The van der Waals surface area contributed by atoms with E-state index in [4.69, 9.17) is 4.42 Å². The molecule has 0 aliphatic carbocycles. The molecule has 6 heteroatoms. The number of pyridine rings is 2. The molecular weight excluding hydrogens is 808 g/mol. The van der Waals surface area contributed by atoms with Crippen LogP contribution in [-0.2, 0) is 25.5 Å². The topological polar surface area (TPSA) is 38.9 Å². The molecule has 0 aliphatic rings. The van der Waals surface area contributed by atoms with Gasteiger partial charge in [0.2, 0.25) is 0 Å². The first-order valence-corrected chi connectivity index (χ1v) is 22.4. The zero-order valence-corrected chi connectivity index (χ0v) is 31.1. The van der Waals surface area contributed by atoms with Crippen molar-refractivity contribution in [3.63, 3.8) is 0 Å². The van der Waals surface area contributed by atoms with Crippen molar-refractivity contribution in [3.8, 4) is 22.5 Å². The molecule has 0 saturated carbocycles. The molecule has 7 rings (SSSR count). The Balaban J connectivity index is 0.000000200. The van der Waals surface area contributed by atoms with Crippen LogP contribution in [0.3, 0.4) is 0 Å². The normalized spacial score (nSPS) is 11.5. The van der Waals surface area contributed by atoms with Crippen molar-refractivity contribution in [1.82, 2.24) is 9.97 Å². The fraction of sp³-hybridized carbons (Fsp3) is 0.150.